The molecule has 1 amide bonds. The molecular weight excluding hydrogens is 305 g/mol. The number of aliphatic hydroxyl groups excluding tert-OH is 1. The SMILES string of the molecule is CSC(CO)C(C)NC(=O)c1ccn(-c2ccccc2F)n1. The van der Waals surface area contributed by atoms with Gasteiger partial charge in [0.2, 0.25) is 0 Å². The number of carbonyl (C=O) groups excluding carboxylic acids is 1. The highest BCUT2D eigenvalue weighted by atomic mass is 32.2. The quantitative estimate of drug-likeness (QED) is 0.851. The van der Waals surface area contributed by atoms with Crippen molar-refractivity contribution in [3.63, 3.8) is 0 Å². The first kappa shape index (κ1) is 16.5. The maximum Gasteiger partial charge on any atom is 0.272 e. The van der Waals surface area contributed by atoms with E-state index in [-0.39, 0.29) is 35.2 Å². The van der Waals surface area contributed by atoms with Crippen molar-refractivity contribution in [2.45, 2.75) is 18.2 Å². The van der Waals surface area contributed by atoms with E-state index in [0.717, 1.165) is 0 Å². The van der Waals surface area contributed by atoms with Crippen LogP contribution in [0.15, 0.2) is 36.5 Å². The summed E-state index contributed by atoms with van der Waals surface area (Å²) in [5, 5.41) is 16.0. The van der Waals surface area contributed by atoms with Crippen LogP contribution < -0.4 is 5.32 Å². The number of benzene rings is 1. The average Bonchev–Trinajstić information content (AvgIpc) is 2.98. The lowest BCUT2D eigenvalue weighted by Gasteiger charge is -2.20. The zero-order chi connectivity index (χ0) is 16.1. The summed E-state index contributed by atoms with van der Waals surface area (Å²) < 4.78 is 15.0. The number of para-hydroxylation sites is 1. The van der Waals surface area contributed by atoms with E-state index in [2.05, 4.69) is 10.4 Å². The maximum atomic E-state index is 13.7. The van der Waals surface area contributed by atoms with Crippen molar-refractivity contribution in [1.29, 1.82) is 0 Å². The first-order chi connectivity index (χ1) is 10.6. The summed E-state index contributed by atoms with van der Waals surface area (Å²) >= 11 is 1.48. The number of aromatic nitrogens is 2. The van der Waals surface area contributed by atoms with Gasteiger partial charge in [-0.1, -0.05) is 12.1 Å². The molecular formula is C15H18FN3O2S. The van der Waals surface area contributed by atoms with Gasteiger partial charge in [-0.3, -0.25) is 4.79 Å². The van der Waals surface area contributed by atoms with Crippen LogP contribution in [0.5, 0.6) is 0 Å². The number of nitrogens with zero attached hydrogens (tertiary/aromatic N) is 2. The Kier molecular flexibility index (Phi) is 5.57. The van der Waals surface area contributed by atoms with Crippen LogP contribution in [-0.4, -0.2) is 44.9 Å². The molecule has 0 radical (unpaired) electrons. The normalized spacial score (nSPS) is 13.6. The van der Waals surface area contributed by atoms with E-state index in [1.807, 2.05) is 13.2 Å². The summed E-state index contributed by atoms with van der Waals surface area (Å²) in [6, 6.07) is 7.54. The molecule has 1 aromatic heterocycles. The Hall–Kier alpha value is -1.86. The minimum absolute atomic E-state index is 0.0215. The van der Waals surface area contributed by atoms with Crippen LogP contribution in [0.25, 0.3) is 5.69 Å². The summed E-state index contributed by atoms with van der Waals surface area (Å²) in [6.45, 7) is 1.80. The molecule has 2 N–H and O–H groups in total. The van der Waals surface area contributed by atoms with E-state index in [9.17, 15) is 14.3 Å². The van der Waals surface area contributed by atoms with Crippen molar-refractivity contribution >= 4 is 17.7 Å². The van der Waals surface area contributed by atoms with Gasteiger partial charge < -0.3 is 10.4 Å². The fourth-order valence-electron chi connectivity index (χ4n) is 2.03. The highest BCUT2D eigenvalue weighted by Gasteiger charge is 2.19. The van der Waals surface area contributed by atoms with Gasteiger partial charge in [0.1, 0.15) is 11.5 Å². The Labute approximate surface area is 132 Å². The molecule has 7 heteroatoms. The minimum atomic E-state index is -0.409. The molecule has 0 aliphatic carbocycles. The number of aliphatic hydroxyl groups is 1. The second-order valence-corrected chi connectivity index (χ2v) is 5.89. The molecule has 118 valence electrons. The lowest BCUT2D eigenvalue weighted by atomic mass is 10.2. The van der Waals surface area contributed by atoms with Crippen molar-refractivity contribution < 1.29 is 14.3 Å². The predicted molar refractivity (Wildman–Crippen MR) is 84.8 cm³/mol. The van der Waals surface area contributed by atoms with Crippen LogP contribution in [0.2, 0.25) is 0 Å². The third-order valence-corrected chi connectivity index (χ3v) is 4.48. The summed E-state index contributed by atoms with van der Waals surface area (Å²) in [4.78, 5) is 12.1. The van der Waals surface area contributed by atoms with Crippen LogP contribution in [0, 0.1) is 5.82 Å². The van der Waals surface area contributed by atoms with E-state index in [1.54, 1.807) is 18.2 Å². The molecule has 2 rings (SSSR count). The third-order valence-electron chi connectivity index (χ3n) is 3.32. The lowest BCUT2D eigenvalue weighted by Crippen LogP contribution is -2.41. The van der Waals surface area contributed by atoms with Crippen molar-refractivity contribution in [3.8, 4) is 5.69 Å². The molecule has 0 aliphatic rings. The molecule has 5 nitrogen and oxygen atoms in total. The standard InChI is InChI=1S/C15H18FN3O2S/c1-10(14(9-20)22-2)17-15(21)12-7-8-19(18-12)13-6-4-3-5-11(13)16/h3-8,10,14,20H,9H2,1-2H3,(H,17,21). The topological polar surface area (TPSA) is 67.2 Å². The van der Waals surface area contributed by atoms with E-state index >= 15 is 0 Å². The van der Waals surface area contributed by atoms with E-state index in [1.165, 1.54) is 34.8 Å². The summed E-state index contributed by atoms with van der Waals surface area (Å²) in [7, 11) is 0. The van der Waals surface area contributed by atoms with Crippen LogP contribution >= 0.6 is 11.8 Å². The van der Waals surface area contributed by atoms with Crippen LogP contribution in [0.4, 0.5) is 4.39 Å². The fraction of sp³-hybridized carbons (Fsp3) is 0.333. The molecule has 2 aromatic rings. The van der Waals surface area contributed by atoms with E-state index in [4.69, 9.17) is 0 Å². The molecule has 0 aliphatic heterocycles. The number of amides is 1. The number of rotatable bonds is 6. The molecule has 1 aromatic carbocycles. The number of carbonyl (C=O) groups is 1. The fourth-order valence-corrected chi connectivity index (χ4v) is 2.65. The molecule has 2 unspecified atom stereocenters. The summed E-state index contributed by atoms with van der Waals surface area (Å²) in [5.74, 6) is -0.760. The molecule has 0 fully saturated rings. The van der Waals surface area contributed by atoms with Gasteiger partial charge in [-0.25, -0.2) is 9.07 Å². The minimum Gasteiger partial charge on any atom is -0.395 e. The van der Waals surface area contributed by atoms with Gasteiger partial charge in [0.15, 0.2) is 5.69 Å². The number of halogens is 1. The Balaban J connectivity index is 2.11. The highest BCUT2D eigenvalue weighted by Crippen LogP contribution is 2.13. The summed E-state index contributed by atoms with van der Waals surface area (Å²) in [6.07, 6.45) is 3.41. The van der Waals surface area contributed by atoms with Crippen molar-refractivity contribution in [3.05, 3.63) is 48.0 Å². The number of thioether (sulfide) groups is 1. The lowest BCUT2D eigenvalue weighted by molar-refractivity contribution is 0.0930. The second-order valence-electron chi connectivity index (χ2n) is 4.82. The Morgan fingerprint density at radius 1 is 1.45 bits per heavy atom. The molecule has 1 heterocycles. The average molecular weight is 323 g/mol. The van der Waals surface area contributed by atoms with Crippen LogP contribution in [0.1, 0.15) is 17.4 Å². The van der Waals surface area contributed by atoms with Crippen LogP contribution in [0.3, 0.4) is 0 Å². The Morgan fingerprint density at radius 2 is 2.18 bits per heavy atom. The zero-order valence-electron chi connectivity index (χ0n) is 12.4. The van der Waals surface area contributed by atoms with Gasteiger partial charge in [-0.05, 0) is 31.4 Å². The molecule has 2 atom stereocenters. The number of hydrogen-bond donors (Lipinski definition) is 2. The van der Waals surface area contributed by atoms with Gasteiger partial charge in [0.05, 0.1) is 6.61 Å². The van der Waals surface area contributed by atoms with Gasteiger partial charge in [0, 0.05) is 17.5 Å². The van der Waals surface area contributed by atoms with Gasteiger partial charge >= 0.3 is 0 Å². The molecule has 0 spiro atoms. The molecule has 0 bridgehead atoms. The van der Waals surface area contributed by atoms with Gasteiger partial charge in [-0.15, -0.1) is 0 Å². The maximum absolute atomic E-state index is 13.7. The molecule has 22 heavy (non-hydrogen) atoms. The van der Waals surface area contributed by atoms with Crippen molar-refractivity contribution in [1.82, 2.24) is 15.1 Å². The van der Waals surface area contributed by atoms with Gasteiger partial charge in [0.25, 0.3) is 5.91 Å². The first-order valence-corrected chi connectivity index (χ1v) is 8.10. The van der Waals surface area contributed by atoms with Gasteiger partial charge in [-0.2, -0.15) is 16.9 Å². The van der Waals surface area contributed by atoms with E-state index in [0.29, 0.717) is 0 Å². The monoisotopic (exact) mass is 323 g/mol. The Bertz CT molecular complexity index is 643. The zero-order valence-corrected chi connectivity index (χ0v) is 13.2. The molecule has 0 saturated carbocycles. The van der Waals surface area contributed by atoms with Crippen molar-refractivity contribution in [2.24, 2.45) is 0 Å². The number of hydrogen-bond acceptors (Lipinski definition) is 4. The second kappa shape index (κ2) is 7.42. The number of nitrogens with one attached hydrogen (secondary N) is 1. The largest absolute Gasteiger partial charge is 0.395 e. The first-order valence-electron chi connectivity index (χ1n) is 6.82. The van der Waals surface area contributed by atoms with Crippen LogP contribution in [-0.2, 0) is 0 Å². The molecule has 0 saturated heterocycles. The summed E-state index contributed by atoms with van der Waals surface area (Å²) in [5.41, 5.74) is 0.486. The third kappa shape index (κ3) is 3.66. The highest BCUT2D eigenvalue weighted by molar-refractivity contribution is 7.99. The van der Waals surface area contributed by atoms with Crippen molar-refractivity contribution in [2.75, 3.05) is 12.9 Å². The van der Waals surface area contributed by atoms with E-state index < -0.39 is 5.82 Å². The predicted octanol–water partition coefficient (Wildman–Crippen LogP) is 1.85. The Morgan fingerprint density at radius 3 is 2.82 bits per heavy atom. The smallest absolute Gasteiger partial charge is 0.272 e.